The minimum atomic E-state index is -0.522. The molecule has 2 heterocycles. The molecule has 0 saturated heterocycles. The fourth-order valence-electron chi connectivity index (χ4n) is 2.16. The number of benzene rings is 1. The quantitative estimate of drug-likeness (QED) is 0.742. The van der Waals surface area contributed by atoms with E-state index in [9.17, 15) is 4.79 Å². The van der Waals surface area contributed by atoms with Gasteiger partial charge in [-0.25, -0.2) is 0 Å². The van der Waals surface area contributed by atoms with Crippen LogP contribution in [0.4, 0.5) is 0 Å². The molecule has 0 bridgehead atoms. The van der Waals surface area contributed by atoms with Gasteiger partial charge in [0.15, 0.2) is 5.76 Å². The molecule has 0 spiro atoms. The zero-order valence-corrected chi connectivity index (χ0v) is 9.26. The second kappa shape index (κ2) is 4.18. The number of hydrogen-bond donors (Lipinski definition) is 0. The summed E-state index contributed by atoms with van der Waals surface area (Å²) < 4.78 is 10.7. The van der Waals surface area contributed by atoms with E-state index in [1.807, 2.05) is 24.3 Å². The number of Topliss-reactive ketones (excluding diaryl/α,β-unsaturated/α-hetero) is 1. The predicted molar refractivity (Wildman–Crippen MR) is 61.9 cm³/mol. The first-order chi connectivity index (χ1) is 8.36. The molecule has 0 saturated carbocycles. The molecule has 0 aliphatic carbocycles. The Hall–Kier alpha value is -1.87. The van der Waals surface area contributed by atoms with Crippen molar-refractivity contribution in [3.05, 3.63) is 59.5 Å². The number of fused-ring (bicyclic) bond motifs is 1. The zero-order chi connectivity index (χ0) is 11.7. The molecule has 2 aromatic rings. The summed E-state index contributed by atoms with van der Waals surface area (Å²) in [6.07, 6.45) is 1.84. The standard InChI is InChI=1S/C14H12O3/c15-13(12-6-3-8-16-12)14-11-5-2-1-4-10(11)7-9-17-14/h1-6,8,14H,7,9H2. The molecule has 0 fully saturated rings. The normalized spacial score (nSPS) is 18.7. The third kappa shape index (κ3) is 1.78. The number of ether oxygens (including phenoxy) is 1. The molecule has 3 heteroatoms. The molecule has 3 nitrogen and oxygen atoms in total. The van der Waals surface area contributed by atoms with E-state index in [4.69, 9.17) is 9.15 Å². The number of rotatable bonds is 2. The van der Waals surface area contributed by atoms with E-state index in [-0.39, 0.29) is 5.78 Å². The molecular formula is C14H12O3. The van der Waals surface area contributed by atoms with Crippen molar-refractivity contribution < 1.29 is 13.9 Å². The van der Waals surface area contributed by atoms with Crippen LogP contribution in [-0.2, 0) is 11.2 Å². The van der Waals surface area contributed by atoms with Gasteiger partial charge in [-0.1, -0.05) is 24.3 Å². The Morgan fingerprint density at radius 3 is 2.88 bits per heavy atom. The van der Waals surface area contributed by atoms with E-state index >= 15 is 0 Å². The van der Waals surface area contributed by atoms with Crippen molar-refractivity contribution >= 4 is 5.78 Å². The van der Waals surface area contributed by atoms with E-state index < -0.39 is 6.10 Å². The van der Waals surface area contributed by atoms with Gasteiger partial charge in [0.05, 0.1) is 12.9 Å². The molecule has 0 N–H and O–H groups in total. The Kier molecular flexibility index (Phi) is 2.53. The van der Waals surface area contributed by atoms with Crippen LogP contribution in [0, 0.1) is 0 Å². The third-order valence-corrected chi connectivity index (χ3v) is 3.00. The molecule has 1 aromatic carbocycles. The zero-order valence-electron chi connectivity index (χ0n) is 9.26. The van der Waals surface area contributed by atoms with Gasteiger partial charge in [-0.3, -0.25) is 4.79 Å². The summed E-state index contributed by atoms with van der Waals surface area (Å²) in [5, 5.41) is 0. The van der Waals surface area contributed by atoms with E-state index in [1.54, 1.807) is 12.1 Å². The van der Waals surface area contributed by atoms with Crippen molar-refractivity contribution in [2.45, 2.75) is 12.5 Å². The molecule has 86 valence electrons. The van der Waals surface area contributed by atoms with Gasteiger partial charge in [-0.2, -0.15) is 0 Å². The monoisotopic (exact) mass is 228 g/mol. The Morgan fingerprint density at radius 1 is 1.18 bits per heavy atom. The van der Waals surface area contributed by atoms with E-state index in [2.05, 4.69) is 0 Å². The second-order valence-corrected chi connectivity index (χ2v) is 4.04. The van der Waals surface area contributed by atoms with Gasteiger partial charge in [-0.05, 0) is 29.7 Å². The highest BCUT2D eigenvalue weighted by atomic mass is 16.5. The molecule has 1 aliphatic heterocycles. The van der Waals surface area contributed by atoms with Crippen LogP contribution < -0.4 is 0 Å². The molecule has 3 rings (SSSR count). The number of furan rings is 1. The molecular weight excluding hydrogens is 216 g/mol. The first-order valence-electron chi connectivity index (χ1n) is 5.63. The summed E-state index contributed by atoms with van der Waals surface area (Å²) in [6, 6.07) is 11.3. The minimum Gasteiger partial charge on any atom is -0.461 e. The fraction of sp³-hybridized carbons (Fsp3) is 0.214. The summed E-state index contributed by atoms with van der Waals surface area (Å²) in [7, 11) is 0. The minimum absolute atomic E-state index is 0.109. The molecule has 1 aliphatic rings. The van der Waals surface area contributed by atoms with Crippen molar-refractivity contribution in [3.63, 3.8) is 0 Å². The Bertz CT molecular complexity index is 528. The SMILES string of the molecule is O=C(c1ccco1)C1OCCc2ccccc21. The fourth-order valence-corrected chi connectivity index (χ4v) is 2.16. The first-order valence-corrected chi connectivity index (χ1v) is 5.63. The van der Waals surface area contributed by atoms with Crippen LogP contribution in [0.3, 0.4) is 0 Å². The lowest BCUT2D eigenvalue weighted by Crippen LogP contribution is -2.23. The van der Waals surface area contributed by atoms with Gasteiger partial charge in [0, 0.05) is 0 Å². The second-order valence-electron chi connectivity index (χ2n) is 4.04. The van der Waals surface area contributed by atoms with E-state index in [1.165, 1.54) is 11.8 Å². The largest absolute Gasteiger partial charge is 0.461 e. The summed E-state index contributed by atoms with van der Waals surface area (Å²) in [4.78, 5) is 12.2. The van der Waals surface area contributed by atoms with Crippen molar-refractivity contribution in [1.82, 2.24) is 0 Å². The summed E-state index contributed by atoms with van der Waals surface area (Å²) in [6.45, 7) is 0.578. The third-order valence-electron chi connectivity index (χ3n) is 3.00. The number of carbonyl (C=O) groups is 1. The van der Waals surface area contributed by atoms with Gasteiger partial charge < -0.3 is 9.15 Å². The smallest absolute Gasteiger partial charge is 0.231 e. The number of hydrogen-bond acceptors (Lipinski definition) is 3. The van der Waals surface area contributed by atoms with Crippen LogP contribution in [0.5, 0.6) is 0 Å². The molecule has 17 heavy (non-hydrogen) atoms. The average Bonchev–Trinajstić information content (AvgIpc) is 2.91. The van der Waals surface area contributed by atoms with Crippen molar-refractivity contribution in [2.75, 3.05) is 6.61 Å². The molecule has 0 radical (unpaired) electrons. The van der Waals surface area contributed by atoms with Crippen molar-refractivity contribution in [3.8, 4) is 0 Å². The highest BCUT2D eigenvalue weighted by Crippen LogP contribution is 2.29. The van der Waals surface area contributed by atoms with Gasteiger partial charge in [0.25, 0.3) is 0 Å². The maximum absolute atomic E-state index is 12.2. The Balaban J connectivity index is 1.98. The van der Waals surface area contributed by atoms with Crippen LogP contribution in [0.2, 0.25) is 0 Å². The summed E-state index contributed by atoms with van der Waals surface area (Å²) in [5.74, 6) is 0.244. The van der Waals surface area contributed by atoms with Gasteiger partial charge in [-0.15, -0.1) is 0 Å². The first kappa shape index (κ1) is 10.3. The van der Waals surface area contributed by atoms with Gasteiger partial charge in [0.1, 0.15) is 6.10 Å². The lowest BCUT2D eigenvalue weighted by molar-refractivity contribution is 0.0327. The highest BCUT2D eigenvalue weighted by molar-refractivity contribution is 5.98. The van der Waals surface area contributed by atoms with Crippen molar-refractivity contribution in [2.24, 2.45) is 0 Å². The lowest BCUT2D eigenvalue weighted by Gasteiger charge is -2.24. The topological polar surface area (TPSA) is 39.4 Å². The van der Waals surface area contributed by atoms with Gasteiger partial charge >= 0.3 is 0 Å². The molecule has 0 amide bonds. The van der Waals surface area contributed by atoms with Crippen LogP contribution in [0.1, 0.15) is 27.8 Å². The lowest BCUT2D eigenvalue weighted by atomic mass is 9.94. The molecule has 1 aromatic heterocycles. The summed E-state index contributed by atoms with van der Waals surface area (Å²) in [5.41, 5.74) is 2.14. The maximum Gasteiger partial charge on any atom is 0.231 e. The Labute approximate surface area is 99.0 Å². The maximum atomic E-state index is 12.2. The number of ketones is 1. The van der Waals surface area contributed by atoms with Crippen molar-refractivity contribution in [1.29, 1.82) is 0 Å². The van der Waals surface area contributed by atoms with Crippen LogP contribution in [0.25, 0.3) is 0 Å². The Morgan fingerprint density at radius 2 is 2.06 bits per heavy atom. The highest BCUT2D eigenvalue weighted by Gasteiger charge is 2.29. The van der Waals surface area contributed by atoms with Crippen LogP contribution >= 0.6 is 0 Å². The predicted octanol–water partition coefficient (Wildman–Crippen LogP) is 2.78. The summed E-state index contributed by atoms with van der Waals surface area (Å²) >= 11 is 0. The molecule has 1 atom stereocenters. The van der Waals surface area contributed by atoms with E-state index in [0.717, 1.165) is 12.0 Å². The van der Waals surface area contributed by atoms with Crippen LogP contribution in [-0.4, -0.2) is 12.4 Å². The van der Waals surface area contributed by atoms with Gasteiger partial charge in [0.2, 0.25) is 5.78 Å². The van der Waals surface area contributed by atoms with Crippen LogP contribution in [0.15, 0.2) is 47.1 Å². The number of carbonyl (C=O) groups excluding carboxylic acids is 1. The average molecular weight is 228 g/mol. The molecule has 1 unspecified atom stereocenters. The van der Waals surface area contributed by atoms with E-state index in [0.29, 0.717) is 12.4 Å².